The van der Waals surface area contributed by atoms with E-state index in [-0.39, 0.29) is 29.1 Å². The number of aliphatic hydroxyl groups is 6. The fourth-order valence-corrected chi connectivity index (χ4v) is 9.85. The number of carbonyl (C=O) groups excluding carboxylic acids is 1. The highest BCUT2D eigenvalue weighted by Gasteiger charge is 2.70. The average Bonchev–Trinajstić information content (AvgIpc) is 3.44. The lowest BCUT2D eigenvalue weighted by Gasteiger charge is -2.66. The van der Waals surface area contributed by atoms with Crippen LogP contribution in [-0.2, 0) is 19.0 Å². The van der Waals surface area contributed by atoms with Crippen molar-refractivity contribution >= 4 is 5.97 Å². The number of fused-ring (bicyclic) bond motifs is 5. The van der Waals surface area contributed by atoms with Crippen LogP contribution in [0.15, 0.2) is 11.6 Å². The molecule has 0 aromatic rings. The maximum atomic E-state index is 12.4. The molecule has 2 aliphatic heterocycles. The highest BCUT2D eigenvalue weighted by Crippen LogP contribution is 2.70. The summed E-state index contributed by atoms with van der Waals surface area (Å²) in [7, 11) is 0. The summed E-state index contributed by atoms with van der Waals surface area (Å²) in [4.78, 5) is 11.8. The van der Waals surface area contributed by atoms with Crippen molar-refractivity contribution in [3.05, 3.63) is 11.6 Å². The zero-order valence-corrected chi connectivity index (χ0v) is 22.9. The summed E-state index contributed by atoms with van der Waals surface area (Å²) in [5.74, 6) is 0.00615. The third kappa shape index (κ3) is 3.93. The lowest BCUT2D eigenvalue weighted by atomic mass is 9.42. The van der Waals surface area contributed by atoms with E-state index in [0.717, 1.165) is 24.8 Å². The number of hydrogen-bond donors (Lipinski definition) is 6. The molecular formula is C29H44O10. The molecule has 13 atom stereocenters. The molecule has 4 aliphatic carbocycles. The molecule has 6 aliphatic rings. The molecule has 2 heterocycles. The van der Waals surface area contributed by atoms with E-state index in [1.54, 1.807) is 6.08 Å². The Bertz CT molecular complexity index is 1020. The number of aliphatic hydroxyl groups excluding tert-OH is 4. The van der Waals surface area contributed by atoms with Crippen LogP contribution < -0.4 is 0 Å². The second kappa shape index (κ2) is 9.46. The maximum absolute atomic E-state index is 12.4. The van der Waals surface area contributed by atoms with Gasteiger partial charge in [-0.2, -0.15) is 0 Å². The minimum absolute atomic E-state index is 0.0491. The van der Waals surface area contributed by atoms with Crippen molar-refractivity contribution in [2.24, 2.45) is 28.6 Å². The molecule has 220 valence electrons. The average molecular weight is 553 g/mol. The number of hydrogen-bond acceptors (Lipinski definition) is 10. The van der Waals surface area contributed by atoms with Gasteiger partial charge in [-0.1, -0.05) is 13.8 Å². The fourth-order valence-electron chi connectivity index (χ4n) is 9.85. The van der Waals surface area contributed by atoms with Crippen LogP contribution >= 0.6 is 0 Å². The summed E-state index contributed by atoms with van der Waals surface area (Å²) >= 11 is 0. The molecule has 10 nitrogen and oxygen atoms in total. The summed E-state index contributed by atoms with van der Waals surface area (Å²) in [5, 5.41) is 64.7. The zero-order valence-electron chi connectivity index (χ0n) is 22.9. The molecule has 5 fully saturated rings. The summed E-state index contributed by atoms with van der Waals surface area (Å²) in [6.45, 7) is 4.12. The molecular weight excluding hydrogens is 508 g/mol. The van der Waals surface area contributed by atoms with Gasteiger partial charge in [0.2, 0.25) is 0 Å². The van der Waals surface area contributed by atoms with Crippen molar-refractivity contribution in [3.63, 3.8) is 0 Å². The first-order chi connectivity index (χ1) is 18.4. The predicted octanol–water partition coefficient (Wildman–Crippen LogP) is 0.543. The van der Waals surface area contributed by atoms with Crippen LogP contribution in [-0.4, -0.2) is 97.8 Å². The van der Waals surface area contributed by atoms with Crippen LogP contribution in [0.4, 0.5) is 0 Å². The van der Waals surface area contributed by atoms with Gasteiger partial charge in [0, 0.05) is 17.9 Å². The van der Waals surface area contributed by atoms with Crippen LogP contribution in [0.2, 0.25) is 0 Å². The summed E-state index contributed by atoms with van der Waals surface area (Å²) < 4.78 is 16.8. The first kappa shape index (κ1) is 28.0. The summed E-state index contributed by atoms with van der Waals surface area (Å²) in [5.41, 5.74) is -1.67. The quantitative estimate of drug-likeness (QED) is 0.214. The largest absolute Gasteiger partial charge is 0.458 e. The smallest absolute Gasteiger partial charge is 0.331 e. The molecule has 0 radical (unpaired) electrons. The van der Waals surface area contributed by atoms with Crippen LogP contribution in [0.3, 0.4) is 0 Å². The van der Waals surface area contributed by atoms with E-state index in [4.69, 9.17) is 14.2 Å². The van der Waals surface area contributed by atoms with Gasteiger partial charge >= 0.3 is 5.97 Å². The molecule has 0 spiro atoms. The number of ether oxygens (including phenoxy) is 3. The SMILES string of the molecule is C[C@]12CC[C@@H](O[C@@H]3O[C@H](CO)[C@@H](O)[C@H](O)[C@H]3O)C[C@@]1(O)CCC1C2CC[C@]2(C)[C@@H](C3=CC(=O)OC3)CC[C@]12O. The van der Waals surface area contributed by atoms with Crippen molar-refractivity contribution < 1.29 is 49.6 Å². The van der Waals surface area contributed by atoms with Gasteiger partial charge in [-0.25, -0.2) is 4.79 Å². The first-order valence-corrected chi connectivity index (χ1v) is 14.6. The Labute approximate surface area is 229 Å². The zero-order chi connectivity index (χ0) is 28.0. The van der Waals surface area contributed by atoms with Crippen molar-refractivity contribution in [3.8, 4) is 0 Å². The van der Waals surface area contributed by atoms with E-state index in [0.29, 0.717) is 45.1 Å². The fraction of sp³-hybridized carbons (Fsp3) is 0.897. The van der Waals surface area contributed by atoms with Crippen LogP contribution in [0.25, 0.3) is 0 Å². The first-order valence-electron chi connectivity index (χ1n) is 14.6. The molecule has 10 heteroatoms. The van der Waals surface area contributed by atoms with E-state index in [1.165, 1.54) is 0 Å². The highest BCUT2D eigenvalue weighted by molar-refractivity contribution is 5.85. The Kier molecular flexibility index (Phi) is 6.80. The molecule has 39 heavy (non-hydrogen) atoms. The van der Waals surface area contributed by atoms with Crippen LogP contribution in [0.1, 0.15) is 71.6 Å². The van der Waals surface area contributed by atoms with Crippen LogP contribution in [0.5, 0.6) is 0 Å². The minimum atomic E-state index is -1.51. The highest BCUT2D eigenvalue weighted by atomic mass is 16.7. The van der Waals surface area contributed by atoms with E-state index < -0.39 is 60.0 Å². The van der Waals surface area contributed by atoms with E-state index >= 15 is 0 Å². The van der Waals surface area contributed by atoms with Crippen molar-refractivity contribution in [2.45, 2.75) is 120 Å². The minimum Gasteiger partial charge on any atom is -0.458 e. The molecule has 0 aromatic heterocycles. The van der Waals surface area contributed by atoms with E-state index in [9.17, 15) is 35.4 Å². The normalized spacial score (nSPS) is 55.3. The van der Waals surface area contributed by atoms with Crippen molar-refractivity contribution in [1.29, 1.82) is 0 Å². The third-order valence-corrected chi connectivity index (χ3v) is 12.3. The van der Waals surface area contributed by atoms with Gasteiger partial charge in [-0.3, -0.25) is 0 Å². The molecule has 0 aromatic carbocycles. The summed E-state index contributed by atoms with van der Waals surface area (Å²) in [6.07, 6.45) is 0.543. The molecule has 4 saturated carbocycles. The second-order valence-corrected chi connectivity index (χ2v) is 13.7. The Morgan fingerprint density at radius 2 is 1.64 bits per heavy atom. The Hall–Kier alpha value is -1.11. The molecule has 0 bridgehead atoms. The molecule has 6 rings (SSSR count). The van der Waals surface area contributed by atoms with Gasteiger partial charge in [0.1, 0.15) is 31.0 Å². The van der Waals surface area contributed by atoms with Crippen LogP contribution in [0, 0.1) is 28.6 Å². The molecule has 6 N–H and O–H groups in total. The van der Waals surface area contributed by atoms with Crippen molar-refractivity contribution in [2.75, 3.05) is 13.2 Å². The Morgan fingerprint density at radius 3 is 2.33 bits per heavy atom. The number of cyclic esters (lactones) is 1. The molecule has 0 amide bonds. The topological polar surface area (TPSA) is 166 Å². The lowest BCUT2D eigenvalue weighted by Crippen LogP contribution is -2.67. The van der Waals surface area contributed by atoms with Crippen molar-refractivity contribution in [1.82, 2.24) is 0 Å². The number of esters is 1. The van der Waals surface area contributed by atoms with Gasteiger partial charge in [0.05, 0.1) is 23.9 Å². The third-order valence-electron chi connectivity index (χ3n) is 12.3. The Balaban J connectivity index is 1.19. The van der Waals surface area contributed by atoms with Gasteiger partial charge < -0.3 is 44.8 Å². The second-order valence-electron chi connectivity index (χ2n) is 13.7. The van der Waals surface area contributed by atoms with Gasteiger partial charge in [-0.15, -0.1) is 0 Å². The lowest BCUT2D eigenvalue weighted by molar-refractivity contribution is -0.324. The number of carbonyl (C=O) groups is 1. The summed E-state index contributed by atoms with van der Waals surface area (Å²) in [6, 6.07) is 0. The number of rotatable bonds is 4. The predicted molar refractivity (Wildman–Crippen MR) is 136 cm³/mol. The monoisotopic (exact) mass is 552 g/mol. The van der Waals surface area contributed by atoms with E-state index in [1.807, 2.05) is 0 Å². The maximum Gasteiger partial charge on any atom is 0.331 e. The van der Waals surface area contributed by atoms with Gasteiger partial charge in [0.15, 0.2) is 6.29 Å². The van der Waals surface area contributed by atoms with Gasteiger partial charge in [0.25, 0.3) is 0 Å². The van der Waals surface area contributed by atoms with Gasteiger partial charge in [-0.05, 0) is 80.1 Å². The standard InChI is InChI=1S/C29H44O10/c1-26-7-3-16(38-25-24(34)23(33)22(32)20(13-30)39-25)12-28(26,35)9-5-19-18(26)4-8-27(2)17(6-10-29(19,27)36)15-11-21(31)37-14-15/h11,16-20,22-25,30,32-36H,3-10,12-14H2,1-2H3/t16-,17-,18?,19?,20-,22-,23+,24-,25-,26-,27-,28+,29+/m1/s1. The molecule has 1 saturated heterocycles. The molecule has 2 unspecified atom stereocenters. The van der Waals surface area contributed by atoms with E-state index in [2.05, 4.69) is 13.8 Å². The Morgan fingerprint density at radius 1 is 0.923 bits per heavy atom.